The zero-order chi connectivity index (χ0) is 12.8. The van der Waals surface area contributed by atoms with Crippen LogP contribution in [0.2, 0.25) is 5.02 Å². The van der Waals surface area contributed by atoms with E-state index < -0.39 is 0 Å². The van der Waals surface area contributed by atoms with Gasteiger partial charge in [-0.05, 0) is 37.6 Å². The maximum absolute atomic E-state index is 6.16. The number of hydrogen-bond donors (Lipinski definition) is 1. The summed E-state index contributed by atoms with van der Waals surface area (Å²) >= 11 is 7.94. The van der Waals surface area contributed by atoms with Crippen molar-refractivity contribution in [2.45, 2.75) is 23.8 Å². The lowest BCUT2D eigenvalue weighted by Crippen LogP contribution is -2.31. The third-order valence-corrected chi connectivity index (χ3v) is 4.61. The molecule has 0 spiro atoms. The zero-order valence-corrected chi connectivity index (χ0v) is 12.1. The van der Waals surface area contributed by atoms with Crippen LogP contribution in [0.25, 0.3) is 0 Å². The molecule has 0 saturated carbocycles. The molecule has 0 saturated heterocycles. The van der Waals surface area contributed by atoms with E-state index in [1.54, 1.807) is 11.8 Å². The van der Waals surface area contributed by atoms with Crippen LogP contribution in [-0.4, -0.2) is 25.4 Å². The fraction of sp³-hybridized carbons (Fsp3) is 0.429. The molecular formula is C14H18ClNOS. The fourth-order valence-electron chi connectivity index (χ4n) is 1.95. The van der Waals surface area contributed by atoms with Gasteiger partial charge in [0.2, 0.25) is 0 Å². The molecule has 0 aliphatic carbocycles. The summed E-state index contributed by atoms with van der Waals surface area (Å²) in [6.07, 6.45) is 4.15. The summed E-state index contributed by atoms with van der Waals surface area (Å²) in [6.45, 7) is 0.845. The molecule has 0 aromatic heterocycles. The Morgan fingerprint density at radius 2 is 2.28 bits per heavy atom. The average Bonchev–Trinajstić information content (AvgIpc) is 2.42. The molecule has 2 nitrogen and oxygen atoms in total. The molecule has 1 aromatic rings. The normalized spacial score (nSPS) is 16.9. The van der Waals surface area contributed by atoms with E-state index in [2.05, 4.69) is 11.4 Å². The Hall–Kier alpha value is -0.640. The number of benzene rings is 1. The molecule has 18 heavy (non-hydrogen) atoms. The standard InChI is InChI=1S/C14H18ClNOS/c1-16-13(11-5-4-8-17-9-11)10-18-14-7-3-2-6-12(14)15/h2-3,6-7,9,13,16H,4-5,8,10H2,1H3. The van der Waals surface area contributed by atoms with Crippen molar-refractivity contribution in [1.29, 1.82) is 0 Å². The summed E-state index contributed by atoms with van der Waals surface area (Å²) in [4.78, 5) is 1.14. The van der Waals surface area contributed by atoms with Crippen molar-refractivity contribution >= 4 is 23.4 Å². The largest absolute Gasteiger partial charge is 0.501 e. The summed E-state index contributed by atoms with van der Waals surface area (Å²) in [5.41, 5.74) is 1.35. The van der Waals surface area contributed by atoms with Crippen molar-refractivity contribution in [3.8, 4) is 0 Å². The van der Waals surface area contributed by atoms with Crippen LogP contribution in [0.1, 0.15) is 12.8 Å². The predicted molar refractivity (Wildman–Crippen MR) is 78.3 cm³/mol. The molecular weight excluding hydrogens is 266 g/mol. The van der Waals surface area contributed by atoms with Gasteiger partial charge in [-0.3, -0.25) is 0 Å². The number of thioether (sulfide) groups is 1. The minimum Gasteiger partial charge on any atom is -0.501 e. The highest BCUT2D eigenvalue weighted by atomic mass is 35.5. The molecule has 0 amide bonds. The minimum absolute atomic E-state index is 0.353. The van der Waals surface area contributed by atoms with Gasteiger partial charge in [0, 0.05) is 16.7 Å². The van der Waals surface area contributed by atoms with Gasteiger partial charge in [-0.15, -0.1) is 11.8 Å². The van der Waals surface area contributed by atoms with Gasteiger partial charge in [0.1, 0.15) is 0 Å². The van der Waals surface area contributed by atoms with E-state index in [1.807, 2.05) is 31.5 Å². The Kier molecular flexibility index (Phi) is 5.42. The number of hydrogen-bond acceptors (Lipinski definition) is 3. The van der Waals surface area contributed by atoms with Gasteiger partial charge in [0.05, 0.1) is 17.9 Å². The van der Waals surface area contributed by atoms with Crippen molar-refractivity contribution in [2.75, 3.05) is 19.4 Å². The molecule has 4 heteroatoms. The number of rotatable bonds is 5. The molecule has 1 heterocycles. The van der Waals surface area contributed by atoms with Crippen LogP contribution < -0.4 is 5.32 Å². The fourth-order valence-corrected chi connectivity index (χ4v) is 3.36. The van der Waals surface area contributed by atoms with E-state index in [-0.39, 0.29) is 0 Å². The second-order valence-corrected chi connectivity index (χ2v) is 5.72. The zero-order valence-electron chi connectivity index (χ0n) is 10.5. The first kappa shape index (κ1) is 13.8. The van der Waals surface area contributed by atoms with E-state index in [1.165, 1.54) is 5.57 Å². The van der Waals surface area contributed by atoms with Crippen molar-refractivity contribution in [3.05, 3.63) is 41.1 Å². The highest BCUT2D eigenvalue weighted by Crippen LogP contribution is 2.29. The second-order valence-electron chi connectivity index (χ2n) is 4.25. The smallest absolute Gasteiger partial charge is 0.0876 e. The highest BCUT2D eigenvalue weighted by Gasteiger charge is 2.16. The number of ether oxygens (including phenoxy) is 1. The van der Waals surface area contributed by atoms with E-state index in [4.69, 9.17) is 16.3 Å². The van der Waals surface area contributed by atoms with Crippen LogP contribution in [0.5, 0.6) is 0 Å². The summed E-state index contributed by atoms with van der Waals surface area (Å²) < 4.78 is 5.40. The van der Waals surface area contributed by atoms with Crippen molar-refractivity contribution < 1.29 is 4.74 Å². The summed E-state index contributed by atoms with van der Waals surface area (Å²) in [5.74, 6) is 0.968. The third kappa shape index (κ3) is 3.67. The summed E-state index contributed by atoms with van der Waals surface area (Å²) in [7, 11) is 1.99. The van der Waals surface area contributed by atoms with Crippen LogP contribution in [-0.2, 0) is 4.74 Å². The van der Waals surface area contributed by atoms with Crippen molar-refractivity contribution in [2.24, 2.45) is 0 Å². The maximum atomic E-state index is 6.16. The van der Waals surface area contributed by atoms with Gasteiger partial charge < -0.3 is 10.1 Å². The maximum Gasteiger partial charge on any atom is 0.0876 e. The van der Waals surface area contributed by atoms with Gasteiger partial charge >= 0.3 is 0 Å². The molecule has 1 N–H and O–H groups in total. The molecule has 0 radical (unpaired) electrons. The van der Waals surface area contributed by atoms with Crippen LogP contribution in [0.4, 0.5) is 0 Å². The van der Waals surface area contributed by atoms with E-state index in [0.717, 1.165) is 35.1 Å². The molecule has 1 aliphatic heterocycles. The molecule has 1 aliphatic rings. The van der Waals surface area contributed by atoms with Gasteiger partial charge in [-0.25, -0.2) is 0 Å². The third-order valence-electron chi connectivity index (χ3n) is 3.00. The molecule has 1 atom stereocenters. The first-order chi connectivity index (χ1) is 8.81. The lowest BCUT2D eigenvalue weighted by Gasteiger charge is -2.22. The van der Waals surface area contributed by atoms with Crippen LogP contribution in [0, 0.1) is 0 Å². The Balaban J connectivity index is 1.95. The van der Waals surface area contributed by atoms with Crippen molar-refractivity contribution in [1.82, 2.24) is 5.32 Å². The Labute approximate surface area is 118 Å². The lowest BCUT2D eigenvalue weighted by molar-refractivity contribution is 0.221. The Bertz CT molecular complexity index is 422. The van der Waals surface area contributed by atoms with E-state index in [0.29, 0.717) is 6.04 Å². The van der Waals surface area contributed by atoms with Gasteiger partial charge in [0.15, 0.2) is 0 Å². The topological polar surface area (TPSA) is 21.3 Å². The summed E-state index contributed by atoms with van der Waals surface area (Å²) in [6, 6.07) is 8.32. The Morgan fingerprint density at radius 1 is 1.44 bits per heavy atom. The van der Waals surface area contributed by atoms with Gasteiger partial charge in [0.25, 0.3) is 0 Å². The first-order valence-corrected chi connectivity index (χ1v) is 7.52. The van der Waals surface area contributed by atoms with E-state index in [9.17, 15) is 0 Å². The number of nitrogens with one attached hydrogen (secondary N) is 1. The molecule has 0 bridgehead atoms. The number of likely N-dealkylation sites (N-methyl/N-ethyl adjacent to an activating group) is 1. The monoisotopic (exact) mass is 283 g/mol. The van der Waals surface area contributed by atoms with Crippen LogP contribution in [0.15, 0.2) is 41.0 Å². The molecule has 2 rings (SSSR count). The van der Waals surface area contributed by atoms with Gasteiger partial charge in [-0.1, -0.05) is 23.7 Å². The summed E-state index contributed by atoms with van der Waals surface area (Å²) in [5, 5.41) is 4.17. The lowest BCUT2D eigenvalue weighted by atomic mass is 10.0. The SMILES string of the molecule is CNC(CSc1ccccc1Cl)C1=COCCC1. The predicted octanol–water partition coefficient (Wildman–Crippen LogP) is 3.71. The second kappa shape index (κ2) is 7.07. The van der Waals surface area contributed by atoms with Gasteiger partial charge in [-0.2, -0.15) is 0 Å². The van der Waals surface area contributed by atoms with E-state index >= 15 is 0 Å². The molecule has 0 fully saturated rings. The molecule has 1 aromatic carbocycles. The molecule has 98 valence electrons. The Morgan fingerprint density at radius 3 is 2.94 bits per heavy atom. The minimum atomic E-state index is 0.353. The molecule has 1 unspecified atom stereocenters. The number of halogens is 1. The average molecular weight is 284 g/mol. The highest BCUT2D eigenvalue weighted by molar-refractivity contribution is 7.99. The first-order valence-electron chi connectivity index (χ1n) is 6.16. The van der Waals surface area contributed by atoms with Crippen LogP contribution >= 0.6 is 23.4 Å². The van der Waals surface area contributed by atoms with Crippen LogP contribution in [0.3, 0.4) is 0 Å². The van der Waals surface area contributed by atoms with Crippen molar-refractivity contribution in [3.63, 3.8) is 0 Å². The quantitative estimate of drug-likeness (QED) is 0.833.